The van der Waals surface area contributed by atoms with Crippen molar-refractivity contribution in [3.63, 3.8) is 0 Å². The van der Waals surface area contributed by atoms with Crippen LogP contribution < -0.4 is 0 Å². The number of carbonyl (C=O) groups is 1. The van der Waals surface area contributed by atoms with Gasteiger partial charge in [0.2, 0.25) is 0 Å². The highest BCUT2D eigenvalue weighted by molar-refractivity contribution is 7.12. The number of aryl methyl sites for hydroxylation is 1. The van der Waals surface area contributed by atoms with E-state index < -0.39 is 0 Å². The zero-order chi connectivity index (χ0) is 16.5. The zero-order valence-corrected chi connectivity index (χ0v) is 14.8. The second-order valence-electron chi connectivity index (χ2n) is 6.96. The van der Waals surface area contributed by atoms with E-state index in [9.17, 15) is 4.79 Å². The summed E-state index contributed by atoms with van der Waals surface area (Å²) in [5.74, 6) is 2.16. The molecule has 2 aromatic heterocycles. The van der Waals surface area contributed by atoms with Crippen LogP contribution in [-0.4, -0.2) is 40.1 Å². The second kappa shape index (κ2) is 6.69. The second-order valence-corrected chi connectivity index (χ2v) is 7.88. The van der Waals surface area contributed by atoms with E-state index in [1.54, 1.807) is 0 Å². The van der Waals surface area contributed by atoms with E-state index in [2.05, 4.69) is 9.55 Å². The van der Waals surface area contributed by atoms with Gasteiger partial charge >= 0.3 is 0 Å². The Kier molecular flexibility index (Phi) is 4.41. The minimum Gasteiger partial charge on any atom is -0.381 e. The number of amides is 1. The standard InChI is InChI=1S/C18H23N3O2S/c1-13-4-7-24-17(13)18(22)21-9-15(12-23-11-14-2-3-14)8-20-6-5-19-16(20)10-21/h4-7,14-15H,2-3,8-12H2,1H3/t15-/m1/s1. The Morgan fingerprint density at radius 3 is 2.92 bits per heavy atom. The summed E-state index contributed by atoms with van der Waals surface area (Å²) in [4.78, 5) is 20.2. The number of fused-ring (bicyclic) bond motifs is 1. The first-order chi connectivity index (χ1) is 11.7. The molecule has 0 bridgehead atoms. The summed E-state index contributed by atoms with van der Waals surface area (Å²) in [6, 6.07) is 2.01. The molecule has 0 saturated heterocycles. The van der Waals surface area contributed by atoms with Crippen LogP contribution in [0.15, 0.2) is 23.8 Å². The number of rotatable bonds is 5. The van der Waals surface area contributed by atoms with Gasteiger partial charge < -0.3 is 14.2 Å². The molecular formula is C18H23N3O2S. The monoisotopic (exact) mass is 345 g/mol. The summed E-state index contributed by atoms with van der Waals surface area (Å²) in [5, 5.41) is 1.98. The van der Waals surface area contributed by atoms with Crippen molar-refractivity contribution in [2.45, 2.75) is 32.9 Å². The third-order valence-electron chi connectivity index (χ3n) is 4.82. The predicted molar refractivity (Wildman–Crippen MR) is 93.1 cm³/mol. The molecule has 2 aromatic rings. The Balaban J connectivity index is 1.50. The average molecular weight is 345 g/mol. The van der Waals surface area contributed by atoms with E-state index in [1.165, 1.54) is 24.2 Å². The Morgan fingerprint density at radius 1 is 1.33 bits per heavy atom. The number of thiophene rings is 1. The molecule has 6 heteroatoms. The quantitative estimate of drug-likeness (QED) is 0.837. The van der Waals surface area contributed by atoms with Crippen LogP contribution in [0, 0.1) is 18.8 Å². The topological polar surface area (TPSA) is 47.4 Å². The van der Waals surface area contributed by atoms with E-state index in [4.69, 9.17) is 4.74 Å². The van der Waals surface area contributed by atoms with E-state index >= 15 is 0 Å². The zero-order valence-electron chi connectivity index (χ0n) is 14.0. The number of imidazole rings is 1. The first-order valence-electron chi connectivity index (χ1n) is 8.62. The highest BCUT2D eigenvalue weighted by atomic mass is 32.1. The highest BCUT2D eigenvalue weighted by Gasteiger charge is 2.28. The van der Waals surface area contributed by atoms with Gasteiger partial charge in [0.1, 0.15) is 5.82 Å². The van der Waals surface area contributed by atoms with Gasteiger partial charge in [0.15, 0.2) is 0 Å². The average Bonchev–Trinajstić information content (AvgIpc) is 3.19. The Bertz CT molecular complexity index is 719. The van der Waals surface area contributed by atoms with Crippen molar-refractivity contribution in [2.75, 3.05) is 19.8 Å². The smallest absolute Gasteiger partial charge is 0.264 e. The minimum absolute atomic E-state index is 0.117. The van der Waals surface area contributed by atoms with Gasteiger partial charge in [0.25, 0.3) is 5.91 Å². The van der Waals surface area contributed by atoms with Crippen molar-refractivity contribution in [2.24, 2.45) is 11.8 Å². The Labute approximate surface area is 146 Å². The molecule has 0 aromatic carbocycles. The van der Waals surface area contributed by atoms with Crippen LogP contribution in [0.4, 0.5) is 0 Å². The summed E-state index contributed by atoms with van der Waals surface area (Å²) in [7, 11) is 0. The van der Waals surface area contributed by atoms with Gasteiger partial charge in [-0.1, -0.05) is 0 Å². The molecule has 2 aliphatic rings. The fourth-order valence-corrected chi connectivity index (χ4v) is 4.11. The van der Waals surface area contributed by atoms with E-state index in [1.807, 2.05) is 35.7 Å². The lowest BCUT2D eigenvalue weighted by atomic mass is 10.1. The summed E-state index contributed by atoms with van der Waals surface area (Å²) < 4.78 is 8.08. The van der Waals surface area contributed by atoms with Gasteiger partial charge in [-0.3, -0.25) is 4.79 Å². The minimum atomic E-state index is 0.117. The largest absolute Gasteiger partial charge is 0.381 e. The highest BCUT2D eigenvalue weighted by Crippen LogP contribution is 2.29. The van der Waals surface area contributed by atoms with Crippen LogP contribution >= 0.6 is 11.3 Å². The van der Waals surface area contributed by atoms with Crippen molar-refractivity contribution in [1.29, 1.82) is 0 Å². The Hall–Kier alpha value is -1.66. The van der Waals surface area contributed by atoms with Crippen molar-refractivity contribution in [3.05, 3.63) is 40.1 Å². The number of aromatic nitrogens is 2. The lowest BCUT2D eigenvalue weighted by molar-refractivity contribution is 0.0574. The van der Waals surface area contributed by atoms with Gasteiger partial charge in [-0.05, 0) is 42.7 Å². The molecule has 128 valence electrons. The van der Waals surface area contributed by atoms with E-state index in [0.717, 1.165) is 41.9 Å². The molecular weight excluding hydrogens is 322 g/mol. The molecule has 24 heavy (non-hydrogen) atoms. The van der Waals surface area contributed by atoms with Gasteiger partial charge in [-0.15, -0.1) is 11.3 Å². The molecule has 1 aliphatic heterocycles. The van der Waals surface area contributed by atoms with Gasteiger partial charge in [-0.25, -0.2) is 4.98 Å². The van der Waals surface area contributed by atoms with Crippen LogP contribution in [0.5, 0.6) is 0 Å². The molecule has 1 fully saturated rings. The number of carbonyl (C=O) groups excluding carboxylic acids is 1. The van der Waals surface area contributed by atoms with Crippen molar-refractivity contribution in [3.8, 4) is 0 Å². The van der Waals surface area contributed by atoms with Gasteiger partial charge in [0.05, 0.1) is 18.0 Å². The molecule has 1 atom stereocenters. The molecule has 4 rings (SSSR count). The maximum absolute atomic E-state index is 13.0. The Morgan fingerprint density at radius 2 is 2.17 bits per heavy atom. The summed E-state index contributed by atoms with van der Waals surface area (Å²) >= 11 is 1.52. The lowest BCUT2D eigenvalue weighted by Gasteiger charge is -2.24. The summed E-state index contributed by atoms with van der Waals surface area (Å²) in [6.07, 6.45) is 6.44. The number of nitrogens with zero attached hydrogens (tertiary/aromatic N) is 3. The molecule has 0 N–H and O–H groups in total. The third-order valence-corrected chi connectivity index (χ3v) is 5.82. The first kappa shape index (κ1) is 15.8. The molecule has 3 heterocycles. The number of ether oxygens (including phenoxy) is 1. The molecule has 0 unspecified atom stereocenters. The maximum Gasteiger partial charge on any atom is 0.264 e. The predicted octanol–water partition coefficient (Wildman–Crippen LogP) is 2.95. The SMILES string of the molecule is Cc1ccsc1C(=O)N1Cc2nccn2C[C@@H](COCC2CC2)C1. The molecule has 5 nitrogen and oxygen atoms in total. The molecule has 0 radical (unpaired) electrons. The number of hydrogen-bond acceptors (Lipinski definition) is 4. The van der Waals surface area contributed by atoms with Crippen LogP contribution in [0.1, 0.15) is 33.9 Å². The van der Waals surface area contributed by atoms with Crippen LogP contribution in [0.25, 0.3) is 0 Å². The summed E-state index contributed by atoms with van der Waals surface area (Å²) in [5.41, 5.74) is 1.05. The van der Waals surface area contributed by atoms with E-state index in [-0.39, 0.29) is 5.91 Å². The molecule has 1 aliphatic carbocycles. The molecule has 0 spiro atoms. The van der Waals surface area contributed by atoms with Crippen molar-refractivity contribution >= 4 is 17.2 Å². The number of hydrogen-bond donors (Lipinski definition) is 0. The van der Waals surface area contributed by atoms with Crippen LogP contribution in [0.3, 0.4) is 0 Å². The normalized spacial score (nSPS) is 20.7. The van der Waals surface area contributed by atoms with Crippen molar-refractivity contribution in [1.82, 2.24) is 14.5 Å². The fourth-order valence-electron chi connectivity index (χ4n) is 3.22. The van der Waals surface area contributed by atoms with Gasteiger partial charge in [-0.2, -0.15) is 0 Å². The first-order valence-corrected chi connectivity index (χ1v) is 9.50. The van der Waals surface area contributed by atoms with E-state index in [0.29, 0.717) is 19.1 Å². The van der Waals surface area contributed by atoms with Gasteiger partial charge in [0, 0.05) is 38.0 Å². The molecule has 1 saturated carbocycles. The van der Waals surface area contributed by atoms with Crippen LogP contribution in [-0.2, 0) is 17.8 Å². The molecule has 1 amide bonds. The maximum atomic E-state index is 13.0. The van der Waals surface area contributed by atoms with Crippen molar-refractivity contribution < 1.29 is 9.53 Å². The lowest BCUT2D eigenvalue weighted by Crippen LogP contribution is -2.35. The summed E-state index contributed by atoms with van der Waals surface area (Å²) in [6.45, 7) is 5.74. The fraction of sp³-hybridized carbons (Fsp3) is 0.556. The third kappa shape index (κ3) is 3.39. The van der Waals surface area contributed by atoms with Crippen LogP contribution in [0.2, 0.25) is 0 Å².